The van der Waals surface area contributed by atoms with Gasteiger partial charge in [-0.15, -0.1) is 12.4 Å². The van der Waals surface area contributed by atoms with Crippen LogP contribution in [-0.4, -0.2) is 25.7 Å². The number of benzene rings is 1. The number of halogens is 2. The molecule has 0 radical (unpaired) electrons. The average molecular weight is 279 g/mol. The van der Waals surface area contributed by atoms with Gasteiger partial charge < -0.3 is 15.8 Å². The number of methoxy groups -OCH3 is 1. The highest BCUT2D eigenvalue weighted by Crippen LogP contribution is 2.22. The Morgan fingerprint density at radius 2 is 2.24 bits per heavy atom. The smallest absolute Gasteiger partial charge is 0.243 e. The minimum absolute atomic E-state index is 0. The molecule has 0 spiro atoms. The maximum atomic E-state index is 11.6. The molecule has 1 atom stereocenters. The van der Waals surface area contributed by atoms with E-state index in [1.807, 2.05) is 13.0 Å². The number of amides is 1. The lowest BCUT2D eigenvalue weighted by molar-refractivity contribution is -0.118. The summed E-state index contributed by atoms with van der Waals surface area (Å²) in [6, 6.07) is 4.69. The van der Waals surface area contributed by atoms with Crippen LogP contribution in [0.3, 0.4) is 0 Å². The molecule has 0 aliphatic carbocycles. The molecule has 4 nitrogen and oxygen atoms in total. The first-order valence-corrected chi connectivity index (χ1v) is 5.24. The Labute approximate surface area is 112 Å². The molecule has 1 aromatic carbocycles. The second kappa shape index (κ2) is 7.50. The number of ether oxygens (including phenoxy) is 1. The van der Waals surface area contributed by atoms with E-state index in [-0.39, 0.29) is 24.9 Å². The van der Waals surface area contributed by atoms with Crippen molar-refractivity contribution < 1.29 is 9.53 Å². The van der Waals surface area contributed by atoms with E-state index in [2.05, 4.69) is 5.32 Å². The normalized spacial score (nSPS) is 11.5. The van der Waals surface area contributed by atoms with Crippen LogP contribution in [0.5, 0.6) is 0 Å². The van der Waals surface area contributed by atoms with Crippen molar-refractivity contribution in [2.24, 2.45) is 5.73 Å². The number of nitrogens with one attached hydrogen (secondary N) is 1. The first-order valence-electron chi connectivity index (χ1n) is 4.86. The third-order valence-electron chi connectivity index (χ3n) is 2.07. The highest BCUT2D eigenvalue weighted by atomic mass is 35.5. The minimum atomic E-state index is -0.692. The molecule has 0 aromatic heterocycles. The van der Waals surface area contributed by atoms with E-state index in [1.54, 1.807) is 12.1 Å². The van der Waals surface area contributed by atoms with E-state index < -0.39 is 6.04 Å². The van der Waals surface area contributed by atoms with Crippen LogP contribution in [0.4, 0.5) is 5.69 Å². The van der Waals surface area contributed by atoms with Gasteiger partial charge >= 0.3 is 0 Å². The van der Waals surface area contributed by atoms with Crippen molar-refractivity contribution in [3.8, 4) is 0 Å². The van der Waals surface area contributed by atoms with Gasteiger partial charge in [-0.3, -0.25) is 4.79 Å². The Morgan fingerprint density at radius 3 is 2.76 bits per heavy atom. The quantitative estimate of drug-likeness (QED) is 0.885. The Bertz CT molecular complexity index is 386. The summed E-state index contributed by atoms with van der Waals surface area (Å²) in [4.78, 5) is 11.6. The summed E-state index contributed by atoms with van der Waals surface area (Å²) in [7, 11) is 1.49. The first kappa shape index (κ1) is 16.2. The summed E-state index contributed by atoms with van der Waals surface area (Å²) in [6.45, 7) is 2.10. The molecule has 17 heavy (non-hydrogen) atoms. The molecule has 96 valence electrons. The van der Waals surface area contributed by atoms with Crippen LogP contribution in [0.1, 0.15) is 5.56 Å². The monoisotopic (exact) mass is 278 g/mol. The van der Waals surface area contributed by atoms with Crippen LogP contribution >= 0.6 is 24.0 Å². The Kier molecular flexibility index (Phi) is 7.15. The Balaban J connectivity index is 0.00000256. The predicted molar refractivity (Wildman–Crippen MR) is 71.9 cm³/mol. The summed E-state index contributed by atoms with van der Waals surface area (Å²) in [5, 5.41) is 3.14. The number of carbonyl (C=O) groups excluding carboxylic acids is 1. The highest BCUT2D eigenvalue weighted by Gasteiger charge is 2.14. The minimum Gasteiger partial charge on any atom is -0.383 e. The van der Waals surface area contributed by atoms with Crippen LogP contribution in [0, 0.1) is 6.92 Å². The second-order valence-electron chi connectivity index (χ2n) is 3.53. The zero-order valence-corrected chi connectivity index (χ0v) is 11.3. The lowest BCUT2D eigenvalue weighted by atomic mass is 10.2. The molecule has 1 amide bonds. The summed E-state index contributed by atoms with van der Waals surface area (Å²) >= 11 is 5.97. The fourth-order valence-corrected chi connectivity index (χ4v) is 1.48. The molecule has 1 rings (SSSR count). The number of hydrogen-bond donors (Lipinski definition) is 2. The zero-order chi connectivity index (χ0) is 12.1. The van der Waals surface area contributed by atoms with Gasteiger partial charge in [0.15, 0.2) is 0 Å². The van der Waals surface area contributed by atoms with Crippen LogP contribution in [0.25, 0.3) is 0 Å². The SMILES string of the molecule is COCC(N)C(=O)Nc1ccc(C)cc1Cl.Cl. The molecular formula is C11H16Cl2N2O2. The molecule has 1 aromatic rings. The Morgan fingerprint density at radius 1 is 1.59 bits per heavy atom. The fraction of sp³-hybridized carbons (Fsp3) is 0.364. The number of hydrogen-bond acceptors (Lipinski definition) is 3. The van der Waals surface area contributed by atoms with Crippen LogP contribution in [0.2, 0.25) is 5.02 Å². The molecule has 0 aliphatic rings. The van der Waals surface area contributed by atoms with Gasteiger partial charge in [0.05, 0.1) is 17.3 Å². The number of nitrogens with two attached hydrogens (primary N) is 1. The average Bonchev–Trinajstić information content (AvgIpc) is 2.22. The van der Waals surface area contributed by atoms with E-state index in [4.69, 9.17) is 22.1 Å². The highest BCUT2D eigenvalue weighted by molar-refractivity contribution is 6.33. The van der Waals surface area contributed by atoms with Crippen molar-refractivity contribution >= 4 is 35.6 Å². The fourth-order valence-electron chi connectivity index (χ4n) is 1.20. The molecule has 6 heteroatoms. The molecule has 0 saturated carbocycles. The summed E-state index contributed by atoms with van der Waals surface area (Å²) in [6.07, 6.45) is 0. The lowest BCUT2D eigenvalue weighted by Gasteiger charge is -2.12. The van der Waals surface area contributed by atoms with Crippen LogP contribution in [0.15, 0.2) is 18.2 Å². The molecule has 0 aliphatic heterocycles. The molecule has 0 saturated heterocycles. The maximum absolute atomic E-state index is 11.6. The lowest BCUT2D eigenvalue weighted by Crippen LogP contribution is -2.39. The maximum Gasteiger partial charge on any atom is 0.243 e. The molecule has 0 heterocycles. The predicted octanol–water partition coefficient (Wildman–Crippen LogP) is 1.98. The van der Waals surface area contributed by atoms with Crippen molar-refractivity contribution in [3.63, 3.8) is 0 Å². The van der Waals surface area contributed by atoms with Crippen molar-refractivity contribution in [2.45, 2.75) is 13.0 Å². The molecule has 0 fully saturated rings. The van der Waals surface area contributed by atoms with Crippen molar-refractivity contribution in [1.29, 1.82) is 0 Å². The van der Waals surface area contributed by atoms with E-state index in [0.717, 1.165) is 5.56 Å². The van der Waals surface area contributed by atoms with Crippen LogP contribution in [-0.2, 0) is 9.53 Å². The number of rotatable bonds is 4. The largest absolute Gasteiger partial charge is 0.383 e. The molecule has 0 bridgehead atoms. The van der Waals surface area contributed by atoms with E-state index in [9.17, 15) is 4.79 Å². The van der Waals surface area contributed by atoms with Crippen molar-refractivity contribution in [3.05, 3.63) is 28.8 Å². The topological polar surface area (TPSA) is 64.3 Å². The van der Waals surface area contributed by atoms with Gasteiger partial charge in [-0.1, -0.05) is 17.7 Å². The van der Waals surface area contributed by atoms with Gasteiger partial charge in [-0.25, -0.2) is 0 Å². The van der Waals surface area contributed by atoms with Gasteiger partial charge in [0.2, 0.25) is 5.91 Å². The third-order valence-corrected chi connectivity index (χ3v) is 2.38. The summed E-state index contributed by atoms with van der Waals surface area (Å²) < 4.78 is 4.79. The van der Waals surface area contributed by atoms with Crippen molar-refractivity contribution in [2.75, 3.05) is 19.0 Å². The molecule has 1 unspecified atom stereocenters. The van der Waals surface area contributed by atoms with E-state index >= 15 is 0 Å². The van der Waals surface area contributed by atoms with Gasteiger partial charge in [-0.2, -0.15) is 0 Å². The number of aryl methyl sites for hydroxylation is 1. The van der Waals surface area contributed by atoms with E-state index in [1.165, 1.54) is 7.11 Å². The van der Waals surface area contributed by atoms with Gasteiger partial charge in [0, 0.05) is 7.11 Å². The molecular weight excluding hydrogens is 263 g/mol. The first-order chi connectivity index (χ1) is 7.54. The van der Waals surface area contributed by atoms with Crippen LogP contribution < -0.4 is 11.1 Å². The third kappa shape index (κ3) is 4.91. The van der Waals surface area contributed by atoms with Crippen molar-refractivity contribution in [1.82, 2.24) is 0 Å². The number of carbonyl (C=O) groups is 1. The second-order valence-corrected chi connectivity index (χ2v) is 3.94. The van der Waals surface area contributed by atoms with Gasteiger partial charge in [-0.05, 0) is 24.6 Å². The van der Waals surface area contributed by atoms with E-state index in [0.29, 0.717) is 10.7 Å². The summed E-state index contributed by atoms with van der Waals surface area (Å²) in [5.41, 5.74) is 7.17. The summed E-state index contributed by atoms with van der Waals surface area (Å²) in [5.74, 6) is -0.312. The number of anilines is 1. The standard InChI is InChI=1S/C11H15ClN2O2.ClH/c1-7-3-4-10(8(12)5-7)14-11(15)9(13)6-16-2;/h3-5,9H,6,13H2,1-2H3,(H,14,15);1H. The van der Waals surface area contributed by atoms with Gasteiger partial charge in [0.1, 0.15) is 6.04 Å². The zero-order valence-electron chi connectivity index (χ0n) is 9.70. The molecule has 3 N–H and O–H groups in total. The Hall–Kier alpha value is -0.810. The van der Waals surface area contributed by atoms with Gasteiger partial charge in [0.25, 0.3) is 0 Å².